The first-order valence-corrected chi connectivity index (χ1v) is 7.98. The Morgan fingerprint density at radius 1 is 1.22 bits per heavy atom. The van der Waals surface area contributed by atoms with E-state index in [-0.39, 0.29) is 17.9 Å². The van der Waals surface area contributed by atoms with Gasteiger partial charge in [0, 0.05) is 23.1 Å². The monoisotopic (exact) mass is 375 g/mol. The maximum absolute atomic E-state index is 13.6. The minimum atomic E-state index is -1.22. The van der Waals surface area contributed by atoms with Crippen LogP contribution in [-0.2, 0) is 20.7 Å². The molecule has 0 aliphatic rings. The number of esters is 1. The van der Waals surface area contributed by atoms with Crippen LogP contribution in [0.2, 0.25) is 0 Å². The largest absolute Gasteiger partial charge is 0.508 e. The minimum Gasteiger partial charge on any atom is -0.508 e. The summed E-state index contributed by atoms with van der Waals surface area (Å²) >= 11 is 0. The van der Waals surface area contributed by atoms with Crippen LogP contribution in [-0.4, -0.2) is 23.1 Å². The number of halogens is 2. The molecule has 1 heterocycles. The highest BCUT2D eigenvalue weighted by Crippen LogP contribution is 2.25. The maximum atomic E-state index is 13.6. The molecule has 0 radical (unpaired) electrons. The quantitative estimate of drug-likeness (QED) is 0.666. The van der Waals surface area contributed by atoms with Crippen LogP contribution in [0.1, 0.15) is 12.5 Å². The van der Waals surface area contributed by atoms with Gasteiger partial charge >= 0.3 is 5.97 Å². The predicted molar refractivity (Wildman–Crippen MR) is 92.1 cm³/mol. The summed E-state index contributed by atoms with van der Waals surface area (Å²) in [5.41, 5.74) is 0.590. The van der Waals surface area contributed by atoms with Gasteiger partial charge in [-0.1, -0.05) is 0 Å². The fourth-order valence-corrected chi connectivity index (χ4v) is 2.48. The number of anilines is 1. The third kappa shape index (κ3) is 4.22. The van der Waals surface area contributed by atoms with E-state index in [1.807, 2.05) is 0 Å². The second kappa shape index (κ2) is 7.45. The summed E-state index contributed by atoms with van der Waals surface area (Å²) < 4.78 is 37.0. The van der Waals surface area contributed by atoms with E-state index >= 15 is 0 Å². The van der Waals surface area contributed by atoms with Crippen LogP contribution in [0.3, 0.4) is 0 Å². The summed E-state index contributed by atoms with van der Waals surface area (Å²) in [6.07, 6.45) is -0.0236. The molecule has 0 aliphatic carbocycles. The van der Waals surface area contributed by atoms with Crippen molar-refractivity contribution in [3.8, 4) is 5.75 Å². The number of hydrogen-bond donors (Lipinski definition) is 2. The van der Waals surface area contributed by atoms with Crippen molar-refractivity contribution < 1.29 is 32.6 Å². The lowest BCUT2D eigenvalue weighted by atomic mass is 10.1. The number of rotatable bonds is 5. The van der Waals surface area contributed by atoms with E-state index in [4.69, 9.17) is 9.15 Å². The average Bonchev–Trinajstić information content (AvgIpc) is 2.99. The number of carbonyl (C=O) groups is 2. The molecule has 0 spiro atoms. The standard InChI is InChI=1S/C19H15F2NO5/c1-10(19(25)22-16-7-12(20)2-5-15(16)21)27-18(24)6-11-9-26-17-8-13(23)3-4-14(11)17/h2-5,7-10,23H,6H2,1H3,(H,22,25)/t10-/m1/s1. The Morgan fingerprint density at radius 3 is 2.78 bits per heavy atom. The molecule has 2 N–H and O–H groups in total. The molecule has 8 heteroatoms. The molecule has 6 nitrogen and oxygen atoms in total. The van der Waals surface area contributed by atoms with Crippen molar-refractivity contribution in [1.29, 1.82) is 0 Å². The SMILES string of the molecule is C[C@@H](OC(=O)Cc1coc2cc(O)ccc12)C(=O)Nc1cc(F)ccc1F. The maximum Gasteiger partial charge on any atom is 0.311 e. The zero-order chi connectivity index (χ0) is 19.6. The van der Waals surface area contributed by atoms with Gasteiger partial charge in [-0.15, -0.1) is 0 Å². The van der Waals surface area contributed by atoms with Crippen LogP contribution in [0.25, 0.3) is 11.0 Å². The van der Waals surface area contributed by atoms with Gasteiger partial charge in [0.05, 0.1) is 18.4 Å². The molecule has 1 aromatic heterocycles. The Morgan fingerprint density at radius 2 is 2.00 bits per heavy atom. The molecular formula is C19H15F2NO5. The van der Waals surface area contributed by atoms with Crippen LogP contribution in [0.15, 0.2) is 47.1 Å². The van der Waals surface area contributed by atoms with Crippen LogP contribution < -0.4 is 5.32 Å². The van der Waals surface area contributed by atoms with Gasteiger partial charge in [0.2, 0.25) is 0 Å². The van der Waals surface area contributed by atoms with E-state index in [1.165, 1.54) is 25.3 Å². The summed E-state index contributed by atoms with van der Waals surface area (Å²) in [6, 6.07) is 7.09. The molecule has 1 amide bonds. The number of amides is 1. The smallest absolute Gasteiger partial charge is 0.311 e. The van der Waals surface area contributed by atoms with Gasteiger partial charge in [-0.25, -0.2) is 8.78 Å². The van der Waals surface area contributed by atoms with Crippen molar-refractivity contribution in [3.05, 3.63) is 59.9 Å². The van der Waals surface area contributed by atoms with E-state index in [1.54, 1.807) is 6.07 Å². The fourth-order valence-electron chi connectivity index (χ4n) is 2.48. The molecule has 0 bridgehead atoms. The zero-order valence-corrected chi connectivity index (χ0v) is 14.2. The number of aromatic hydroxyl groups is 1. The summed E-state index contributed by atoms with van der Waals surface area (Å²) in [5.74, 6) is -2.99. The third-order valence-corrected chi connectivity index (χ3v) is 3.84. The number of benzene rings is 2. The second-order valence-electron chi connectivity index (χ2n) is 5.86. The number of fused-ring (bicyclic) bond motifs is 1. The lowest BCUT2D eigenvalue weighted by molar-refractivity contribution is -0.152. The zero-order valence-electron chi connectivity index (χ0n) is 14.2. The lowest BCUT2D eigenvalue weighted by Gasteiger charge is -2.13. The molecule has 0 aliphatic heterocycles. The normalized spacial score (nSPS) is 12.0. The molecule has 27 heavy (non-hydrogen) atoms. The number of carbonyl (C=O) groups excluding carboxylic acids is 2. The van der Waals surface area contributed by atoms with Gasteiger partial charge in [-0.3, -0.25) is 9.59 Å². The Bertz CT molecular complexity index is 1010. The Kier molecular flexibility index (Phi) is 5.07. The van der Waals surface area contributed by atoms with Gasteiger partial charge in [-0.05, 0) is 31.2 Å². The van der Waals surface area contributed by atoms with E-state index < -0.39 is 29.6 Å². The molecule has 0 saturated heterocycles. The summed E-state index contributed by atoms with van der Waals surface area (Å²) in [6.45, 7) is 1.32. The van der Waals surface area contributed by atoms with Crippen molar-refractivity contribution in [2.45, 2.75) is 19.4 Å². The summed E-state index contributed by atoms with van der Waals surface area (Å²) in [5, 5.41) is 12.2. The summed E-state index contributed by atoms with van der Waals surface area (Å²) in [7, 11) is 0. The molecule has 0 saturated carbocycles. The molecule has 1 atom stereocenters. The number of ether oxygens (including phenoxy) is 1. The Hall–Kier alpha value is -3.42. The van der Waals surface area contributed by atoms with Crippen molar-refractivity contribution in [2.75, 3.05) is 5.32 Å². The van der Waals surface area contributed by atoms with Crippen LogP contribution in [0.4, 0.5) is 14.5 Å². The van der Waals surface area contributed by atoms with E-state index in [2.05, 4.69) is 5.32 Å². The van der Waals surface area contributed by atoms with E-state index in [0.717, 1.165) is 18.2 Å². The van der Waals surface area contributed by atoms with Gasteiger partial charge in [0.15, 0.2) is 6.10 Å². The highest BCUT2D eigenvalue weighted by molar-refractivity contribution is 5.95. The molecule has 3 rings (SSSR count). The number of furan rings is 1. The van der Waals surface area contributed by atoms with Crippen molar-refractivity contribution in [2.24, 2.45) is 0 Å². The Balaban J connectivity index is 1.62. The van der Waals surface area contributed by atoms with Gasteiger partial charge < -0.3 is 19.6 Å². The predicted octanol–water partition coefficient (Wildman–Crippen LogP) is 3.53. The van der Waals surface area contributed by atoms with Crippen LogP contribution >= 0.6 is 0 Å². The first-order valence-electron chi connectivity index (χ1n) is 7.98. The second-order valence-corrected chi connectivity index (χ2v) is 5.86. The van der Waals surface area contributed by atoms with Crippen molar-refractivity contribution >= 4 is 28.5 Å². The Labute approximate surface area is 152 Å². The topological polar surface area (TPSA) is 88.8 Å². The molecule has 3 aromatic rings. The number of nitrogens with one attached hydrogen (secondary N) is 1. The van der Waals surface area contributed by atoms with Crippen molar-refractivity contribution in [3.63, 3.8) is 0 Å². The number of phenols is 1. The van der Waals surface area contributed by atoms with Crippen LogP contribution in [0.5, 0.6) is 5.75 Å². The van der Waals surface area contributed by atoms with Crippen LogP contribution in [0, 0.1) is 11.6 Å². The number of hydrogen-bond acceptors (Lipinski definition) is 5. The molecule has 140 valence electrons. The average molecular weight is 375 g/mol. The number of phenolic OH excluding ortho intramolecular Hbond substituents is 1. The van der Waals surface area contributed by atoms with Gasteiger partial charge in [0.25, 0.3) is 5.91 Å². The minimum absolute atomic E-state index is 0.0286. The fraction of sp³-hybridized carbons (Fsp3) is 0.158. The molecule has 2 aromatic carbocycles. The summed E-state index contributed by atoms with van der Waals surface area (Å²) in [4.78, 5) is 24.1. The highest BCUT2D eigenvalue weighted by atomic mass is 19.1. The van der Waals surface area contributed by atoms with E-state index in [9.17, 15) is 23.5 Å². The van der Waals surface area contributed by atoms with E-state index in [0.29, 0.717) is 16.5 Å². The third-order valence-electron chi connectivity index (χ3n) is 3.84. The van der Waals surface area contributed by atoms with Crippen molar-refractivity contribution in [1.82, 2.24) is 0 Å². The highest BCUT2D eigenvalue weighted by Gasteiger charge is 2.20. The molecule has 0 unspecified atom stereocenters. The molecular weight excluding hydrogens is 360 g/mol. The van der Waals surface area contributed by atoms with Gasteiger partial charge in [0.1, 0.15) is 23.0 Å². The lowest BCUT2D eigenvalue weighted by Crippen LogP contribution is -2.30. The molecule has 0 fully saturated rings. The van der Waals surface area contributed by atoms with Gasteiger partial charge in [-0.2, -0.15) is 0 Å². The first kappa shape index (κ1) is 18.4. The first-order chi connectivity index (χ1) is 12.8.